The Morgan fingerprint density at radius 2 is 1.67 bits per heavy atom. The molecule has 1 aliphatic carbocycles. The van der Waals surface area contributed by atoms with E-state index in [1.165, 1.54) is 10.8 Å². The summed E-state index contributed by atoms with van der Waals surface area (Å²) in [4.78, 5) is 0. The average molecular weight is 154 g/mol. The summed E-state index contributed by atoms with van der Waals surface area (Å²) in [6.45, 7) is 7.87. The van der Waals surface area contributed by atoms with Gasteiger partial charge in [-0.2, -0.15) is 0 Å². The van der Waals surface area contributed by atoms with Crippen molar-refractivity contribution in [2.45, 2.75) is 0 Å². The summed E-state index contributed by atoms with van der Waals surface area (Å²) >= 11 is 0. The van der Waals surface area contributed by atoms with E-state index >= 15 is 0 Å². The van der Waals surface area contributed by atoms with Crippen molar-refractivity contribution in [3.63, 3.8) is 0 Å². The van der Waals surface area contributed by atoms with E-state index in [1.807, 2.05) is 24.3 Å². The summed E-state index contributed by atoms with van der Waals surface area (Å²) < 4.78 is 0. The van der Waals surface area contributed by atoms with Gasteiger partial charge in [-0.3, -0.25) is 0 Å². The van der Waals surface area contributed by atoms with Crippen molar-refractivity contribution >= 4 is 12.2 Å². The minimum absolute atomic E-state index is 1.07. The van der Waals surface area contributed by atoms with Gasteiger partial charge in [0.15, 0.2) is 0 Å². The molecule has 2 rings (SSSR count). The van der Waals surface area contributed by atoms with E-state index in [9.17, 15) is 0 Å². The Labute approximate surface area is 71.9 Å². The highest BCUT2D eigenvalue weighted by Crippen LogP contribution is 2.20. The molecule has 0 bridgehead atoms. The predicted molar refractivity (Wildman–Crippen MR) is 52.9 cm³/mol. The minimum atomic E-state index is 1.07. The summed E-state index contributed by atoms with van der Waals surface area (Å²) in [6.07, 6.45) is 4.09. The minimum Gasteiger partial charge on any atom is -0.0911 e. The molecule has 0 unspecified atom stereocenters. The Bertz CT molecular complexity index is 461. The molecule has 0 saturated heterocycles. The topological polar surface area (TPSA) is 0 Å². The molecule has 1 aromatic rings. The Balaban J connectivity index is 2.85. The Kier molecular flexibility index (Phi) is 1.47. The van der Waals surface area contributed by atoms with E-state index in [1.54, 1.807) is 0 Å². The van der Waals surface area contributed by atoms with Crippen LogP contribution in [0.25, 0.3) is 12.2 Å². The molecule has 0 aliphatic heterocycles. The SMILES string of the molecule is C=C1C=C/C1=c1\ccccc1=C. The summed E-state index contributed by atoms with van der Waals surface area (Å²) in [6, 6.07) is 8.11. The lowest BCUT2D eigenvalue weighted by Crippen LogP contribution is -2.26. The predicted octanol–water partition coefficient (Wildman–Crippen LogP) is 1.37. The molecule has 0 N–H and O–H groups in total. The van der Waals surface area contributed by atoms with Crippen LogP contribution in [0.2, 0.25) is 0 Å². The lowest BCUT2D eigenvalue weighted by atomic mass is 9.94. The standard InChI is InChI=1S/C12H10/c1-9-5-3-4-6-11(9)12-8-7-10(12)2/h3-8H,1-2H2/b12-11-. The number of benzene rings is 1. The third kappa shape index (κ3) is 0.928. The van der Waals surface area contributed by atoms with Gasteiger partial charge in [0.25, 0.3) is 0 Å². The number of hydrogen-bond donors (Lipinski definition) is 0. The zero-order chi connectivity index (χ0) is 8.55. The van der Waals surface area contributed by atoms with E-state index < -0.39 is 0 Å². The first-order chi connectivity index (χ1) is 5.79. The fourth-order valence-corrected chi connectivity index (χ4v) is 1.33. The van der Waals surface area contributed by atoms with Gasteiger partial charge >= 0.3 is 0 Å². The average Bonchev–Trinajstić information content (AvgIpc) is 2.06. The fraction of sp³-hybridized carbons (Fsp3) is 0. The van der Waals surface area contributed by atoms with Crippen LogP contribution in [-0.4, -0.2) is 0 Å². The van der Waals surface area contributed by atoms with Gasteiger partial charge < -0.3 is 0 Å². The second-order valence-corrected chi connectivity index (χ2v) is 2.93. The zero-order valence-corrected chi connectivity index (χ0v) is 6.88. The van der Waals surface area contributed by atoms with Gasteiger partial charge in [0.2, 0.25) is 0 Å². The monoisotopic (exact) mass is 154 g/mol. The third-order valence-corrected chi connectivity index (χ3v) is 2.10. The molecule has 0 spiro atoms. The van der Waals surface area contributed by atoms with E-state index in [0.29, 0.717) is 0 Å². The molecule has 58 valence electrons. The second-order valence-electron chi connectivity index (χ2n) is 2.93. The lowest BCUT2D eigenvalue weighted by Gasteiger charge is -2.10. The highest BCUT2D eigenvalue weighted by Gasteiger charge is 2.05. The summed E-state index contributed by atoms with van der Waals surface area (Å²) in [5.74, 6) is 0. The van der Waals surface area contributed by atoms with Gasteiger partial charge in [-0.05, 0) is 21.6 Å². The summed E-state index contributed by atoms with van der Waals surface area (Å²) in [5, 5.41) is 2.27. The van der Waals surface area contributed by atoms with Crippen LogP contribution >= 0.6 is 0 Å². The van der Waals surface area contributed by atoms with Gasteiger partial charge in [0, 0.05) is 0 Å². The van der Waals surface area contributed by atoms with Crippen molar-refractivity contribution in [3.8, 4) is 0 Å². The van der Waals surface area contributed by atoms with E-state index in [-0.39, 0.29) is 0 Å². The van der Waals surface area contributed by atoms with Crippen LogP contribution in [0.3, 0.4) is 0 Å². The van der Waals surface area contributed by atoms with Crippen LogP contribution in [0.5, 0.6) is 0 Å². The highest BCUT2D eigenvalue weighted by molar-refractivity contribution is 5.83. The molecule has 1 aromatic carbocycles. The van der Waals surface area contributed by atoms with Crippen molar-refractivity contribution in [1.82, 2.24) is 0 Å². The van der Waals surface area contributed by atoms with E-state index in [4.69, 9.17) is 0 Å². The zero-order valence-electron chi connectivity index (χ0n) is 6.88. The Hall–Kier alpha value is -1.56. The van der Waals surface area contributed by atoms with Crippen molar-refractivity contribution in [2.24, 2.45) is 0 Å². The van der Waals surface area contributed by atoms with Crippen LogP contribution in [0.4, 0.5) is 0 Å². The molecule has 0 nitrogen and oxygen atoms in total. The molecule has 0 amide bonds. The van der Waals surface area contributed by atoms with E-state index in [2.05, 4.69) is 25.3 Å². The van der Waals surface area contributed by atoms with Crippen molar-refractivity contribution in [1.29, 1.82) is 0 Å². The third-order valence-electron chi connectivity index (χ3n) is 2.10. The molecule has 0 radical (unpaired) electrons. The van der Waals surface area contributed by atoms with Crippen LogP contribution in [0, 0.1) is 0 Å². The van der Waals surface area contributed by atoms with Crippen LogP contribution in [0.15, 0.2) is 48.6 Å². The Morgan fingerprint density at radius 3 is 2.17 bits per heavy atom. The molecule has 0 heterocycles. The molecule has 0 atom stereocenters. The van der Waals surface area contributed by atoms with Crippen LogP contribution < -0.4 is 10.4 Å². The fourth-order valence-electron chi connectivity index (χ4n) is 1.33. The van der Waals surface area contributed by atoms with Gasteiger partial charge in [-0.25, -0.2) is 0 Å². The largest absolute Gasteiger partial charge is 0.0911 e. The van der Waals surface area contributed by atoms with Crippen molar-refractivity contribution < 1.29 is 0 Å². The first kappa shape index (κ1) is 7.11. The molecule has 0 saturated carbocycles. The first-order valence-electron chi connectivity index (χ1n) is 3.95. The Morgan fingerprint density at radius 1 is 0.917 bits per heavy atom. The normalized spacial score (nSPS) is 19.2. The maximum Gasteiger partial charge on any atom is -0.0111 e. The van der Waals surface area contributed by atoms with Crippen LogP contribution in [0.1, 0.15) is 0 Å². The molecular formula is C12H10. The molecule has 0 aromatic heterocycles. The van der Waals surface area contributed by atoms with E-state index in [0.717, 1.165) is 10.8 Å². The maximum atomic E-state index is 3.96. The molecule has 0 heteroatoms. The lowest BCUT2D eigenvalue weighted by molar-refractivity contribution is 1.47. The molecule has 1 aliphatic rings. The first-order valence-corrected chi connectivity index (χ1v) is 3.95. The number of hydrogen-bond acceptors (Lipinski definition) is 0. The smallest absolute Gasteiger partial charge is 0.0111 e. The van der Waals surface area contributed by atoms with Gasteiger partial charge in [-0.1, -0.05) is 49.6 Å². The summed E-state index contributed by atoms with van der Waals surface area (Å²) in [7, 11) is 0. The molecule has 0 fully saturated rings. The maximum absolute atomic E-state index is 3.96. The number of rotatable bonds is 0. The van der Waals surface area contributed by atoms with Gasteiger partial charge in [0.1, 0.15) is 0 Å². The van der Waals surface area contributed by atoms with Gasteiger partial charge in [0.05, 0.1) is 0 Å². The molecular weight excluding hydrogens is 144 g/mol. The van der Waals surface area contributed by atoms with Crippen LogP contribution in [-0.2, 0) is 0 Å². The van der Waals surface area contributed by atoms with Crippen molar-refractivity contribution in [3.05, 3.63) is 59.0 Å². The highest BCUT2D eigenvalue weighted by atomic mass is 14.1. The quantitative estimate of drug-likeness (QED) is 0.529. The number of allylic oxidation sites excluding steroid dienone is 3. The van der Waals surface area contributed by atoms with Crippen molar-refractivity contribution in [2.75, 3.05) is 0 Å². The van der Waals surface area contributed by atoms with Gasteiger partial charge in [-0.15, -0.1) is 0 Å². The molecule has 12 heavy (non-hydrogen) atoms. The second kappa shape index (κ2) is 2.49. The summed E-state index contributed by atoms with van der Waals surface area (Å²) in [5.41, 5.74) is 2.33.